The number of carbonyl (C=O) groups is 1. The SMILES string of the molecule is CCn1cc(C(=O)N2CCN(S(=O)(=O)c3ccc(Cl)s3)CC2)c2ccccc21. The molecule has 1 saturated heterocycles. The van der Waals surface area contributed by atoms with Crippen LogP contribution in [0.4, 0.5) is 0 Å². The summed E-state index contributed by atoms with van der Waals surface area (Å²) in [4.78, 5) is 14.8. The monoisotopic (exact) mass is 437 g/mol. The zero-order valence-corrected chi connectivity index (χ0v) is 17.7. The first kappa shape index (κ1) is 19.4. The van der Waals surface area contributed by atoms with E-state index < -0.39 is 10.0 Å². The molecule has 9 heteroatoms. The number of hydrogen-bond donors (Lipinski definition) is 0. The van der Waals surface area contributed by atoms with Crippen molar-refractivity contribution in [3.05, 3.63) is 52.5 Å². The second-order valence-corrected chi connectivity index (χ2v) is 10.5. The van der Waals surface area contributed by atoms with Crippen molar-refractivity contribution in [1.82, 2.24) is 13.8 Å². The molecule has 0 radical (unpaired) electrons. The van der Waals surface area contributed by atoms with E-state index in [1.165, 1.54) is 10.4 Å². The van der Waals surface area contributed by atoms with E-state index in [0.717, 1.165) is 28.8 Å². The molecule has 148 valence electrons. The van der Waals surface area contributed by atoms with Crippen LogP contribution in [0.2, 0.25) is 4.34 Å². The summed E-state index contributed by atoms with van der Waals surface area (Å²) in [5, 5.41) is 0.928. The number of rotatable bonds is 4. The number of benzene rings is 1. The molecule has 28 heavy (non-hydrogen) atoms. The molecule has 1 aromatic carbocycles. The third-order valence-electron chi connectivity index (χ3n) is 5.03. The predicted octanol–water partition coefficient (Wildman–Crippen LogP) is 3.52. The Kier molecular flexibility index (Phi) is 5.22. The molecule has 1 aliphatic rings. The highest BCUT2D eigenvalue weighted by molar-refractivity contribution is 7.91. The molecule has 0 spiro atoms. The van der Waals surface area contributed by atoms with Gasteiger partial charge in [0.2, 0.25) is 0 Å². The van der Waals surface area contributed by atoms with Crippen molar-refractivity contribution in [2.45, 2.75) is 17.7 Å². The lowest BCUT2D eigenvalue weighted by atomic mass is 10.1. The normalized spacial score (nSPS) is 16.0. The number of piperazine rings is 1. The summed E-state index contributed by atoms with van der Waals surface area (Å²) < 4.78 is 29.6. The van der Waals surface area contributed by atoms with Gasteiger partial charge in [-0.05, 0) is 25.1 Å². The molecule has 2 aromatic heterocycles. The minimum Gasteiger partial charge on any atom is -0.347 e. The Morgan fingerprint density at radius 2 is 1.82 bits per heavy atom. The van der Waals surface area contributed by atoms with Crippen LogP contribution in [-0.4, -0.2) is 54.3 Å². The van der Waals surface area contributed by atoms with Crippen LogP contribution < -0.4 is 0 Å². The Balaban J connectivity index is 1.52. The van der Waals surface area contributed by atoms with Gasteiger partial charge in [-0.15, -0.1) is 11.3 Å². The van der Waals surface area contributed by atoms with Crippen molar-refractivity contribution in [2.24, 2.45) is 0 Å². The van der Waals surface area contributed by atoms with E-state index in [2.05, 4.69) is 4.57 Å². The molecule has 4 rings (SSSR count). The Labute approximate surface area is 173 Å². The fraction of sp³-hybridized carbons (Fsp3) is 0.316. The van der Waals surface area contributed by atoms with Crippen LogP contribution in [0, 0.1) is 0 Å². The van der Waals surface area contributed by atoms with Crippen LogP contribution in [0.1, 0.15) is 17.3 Å². The van der Waals surface area contributed by atoms with Crippen LogP contribution in [-0.2, 0) is 16.6 Å². The summed E-state index contributed by atoms with van der Waals surface area (Å²) >= 11 is 6.93. The fourth-order valence-corrected chi connectivity index (χ4v) is 6.60. The maximum atomic E-state index is 13.1. The number of fused-ring (bicyclic) bond motifs is 1. The second kappa shape index (κ2) is 7.51. The van der Waals surface area contributed by atoms with Crippen molar-refractivity contribution in [2.75, 3.05) is 26.2 Å². The molecule has 1 fully saturated rings. The van der Waals surface area contributed by atoms with E-state index in [4.69, 9.17) is 11.6 Å². The number of aryl methyl sites for hydroxylation is 1. The van der Waals surface area contributed by atoms with E-state index in [1.54, 1.807) is 11.0 Å². The van der Waals surface area contributed by atoms with E-state index in [0.29, 0.717) is 23.0 Å². The average molecular weight is 438 g/mol. The van der Waals surface area contributed by atoms with Crippen molar-refractivity contribution < 1.29 is 13.2 Å². The second-order valence-electron chi connectivity index (χ2n) is 6.60. The molecule has 0 N–H and O–H groups in total. The van der Waals surface area contributed by atoms with Crippen molar-refractivity contribution in [3.63, 3.8) is 0 Å². The van der Waals surface area contributed by atoms with Gasteiger partial charge in [-0.25, -0.2) is 8.42 Å². The lowest BCUT2D eigenvalue weighted by Crippen LogP contribution is -2.50. The van der Waals surface area contributed by atoms with Gasteiger partial charge >= 0.3 is 0 Å². The Bertz CT molecular complexity index is 1130. The Hall–Kier alpha value is -1.87. The van der Waals surface area contributed by atoms with Crippen LogP contribution >= 0.6 is 22.9 Å². The van der Waals surface area contributed by atoms with Gasteiger partial charge in [-0.3, -0.25) is 4.79 Å². The minimum atomic E-state index is -3.56. The van der Waals surface area contributed by atoms with Crippen LogP contribution in [0.15, 0.2) is 46.8 Å². The quantitative estimate of drug-likeness (QED) is 0.627. The van der Waals surface area contributed by atoms with Gasteiger partial charge in [0.15, 0.2) is 0 Å². The predicted molar refractivity (Wildman–Crippen MR) is 112 cm³/mol. The molecular weight excluding hydrogens is 418 g/mol. The van der Waals surface area contributed by atoms with Gasteiger partial charge in [0, 0.05) is 49.8 Å². The van der Waals surface area contributed by atoms with E-state index >= 15 is 0 Å². The van der Waals surface area contributed by atoms with E-state index in [-0.39, 0.29) is 23.2 Å². The number of sulfonamides is 1. The van der Waals surface area contributed by atoms with Crippen molar-refractivity contribution in [3.8, 4) is 0 Å². The molecule has 0 unspecified atom stereocenters. The van der Waals surface area contributed by atoms with Crippen molar-refractivity contribution in [1.29, 1.82) is 0 Å². The third kappa shape index (κ3) is 3.34. The summed E-state index contributed by atoms with van der Waals surface area (Å²) in [5.41, 5.74) is 1.70. The summed E-state index contributed by atoms with van der Waals surface area (Å²) in [7, 11) is -3.56. The standard InChI is InChI=1S/C19H20ClN3O3S2/c1-2-21-13-15(14-5-3-4-6-16(14)21)19(24)22-9-11-23(12-10-22)28(25,26)18-8-7-17(20)27-18/h3-8,13H,2,9-12H2,1H3. The van der Waals surface area contributed by atoms with Gasteiger partial charge in [-0.1, -0.05) is 29.8 Å². The first-order valence-electron chi connectivity index (χ1n) is 9.04. The largest absolute Gasteiger partial charge is 0.347 e. The van der Waals surface area contributed by atoms with Gasteiger partial charge in [0.1, 0.15) is 4.21 Å². The van der Waals surface area contributed by atoms with Crippen LogP contribution in [0.3, 0.4) is 0 Å². The number of thiophene rings is 1. The molecule has 3 heterocycles. The highest BCUT2D eigenvalue weighted by Crippen LogP contribution is 2.29. The molecule has 0 atom stereocenters. The first-order chi connectivity index (χ1) is 13.4. The average Bonchev–Trinajstić information content (AvgIpc) is 3.31. The zero-order chi connectivity index (χ0) is 19.9. The molecule has 0 saturated carbocycles. The molecule has 1 amide bonds. The smallest absolute Gasteiger partial charge is 0.256 e. The van der Waals surface area contributed by atoms with Gasteiger partial charge in [0.25, 0.3) is 15.9 Å². The molecule has 3 aromatic rings. The lowest BCUT2D eigenvalue weighted by molar-refractivity contribution is 0.0699. The fourth-order valence-electron chi connectivity index (χ4n) is 3.54. The maximum absolute atomic E-state index is 13.1. The van der Waals surface area contributed by atoms with Gasteiger partial charge in [0.05, 0.1) is 9.90 Å². The third-order valence-corrected chi connectivity index (χ3v) is 8.63. The number of halogens is 1. The first-order valence-corrected chi connectivity index (χ1v) is 11.7. The summed E-state index contributed by atoms with van der Waals surface area (Å²) in [5.74, 6) is -0.0559. The Morgan fingerprint density at radius 3 is 2.46 bits per heavy atom. The number of amides is 1. The molecule has 1 aliphatic heterocycles. The maximum Gasteiger partial charge on any atom is 0.256 e. The summed E-state index contributed by atoms with van der Waals surface area (Å²) in [6, 6.07) is 11.0. The van der Waals surface area contributed by atoms with Crippen LogP contribution in [0.5, 0.6) is 0 Å². The summed E-state index contributed by atoms with van der Waals surface area (Å²) in [6.07, 6.45) is 1.89. The number of aromatic nitrogens is 1. The minimum absolute atomic E-state index is 0.0559. The van der Waals surface area contributed by atoms with Gasteiger partial charge < -0.3 is 9.47 Å². The van der Waals surface area contributed by atoms with E-state index in [9.17, 15) is 13.2 Å². The molecule has 0 aliphatic carbocycles. The number of carbonyl (C=O) groups excluding carboxylic acids is 1. The molecule has 0 bridgehead atoms. The van der Waals surface area contributed by atoms with Crippen molar-refractivity contribution >= 4 is 49.8 Å². The number of hydrogen-bond acceptors (Lipinski definition) is 4. The highest BCUT2D eigenvalue weighted by Gasteiger charge is 2.32. The lowest BCUT2D eigenvalue weighted by Gasteiger charge is -2.33. The number of nitrogens with zero attached hydrogens (tertiary/aromatic N) is 3. The Morgan fingerprint density at radius 1 is 1.11 bits per heavy atom. The van der Waals surface area contributed by atoms with Crippen LogP contribution in [0.25, 0.3) is 10.9 Å². The number of para-hydroxylation sites is 1. The topological polar surface area (TPSA) is 62.6 Å². The molecule has 6 nitrogen and oxygen atoms in total. The zero-order valence-electron chi connectivity index (χ0n) is 15.3. The highest BCUT2D eigenvalue weighted by atomic mass is 35.5. The molecular formula is C19H20ClN3O3S2. The van der Waals surface area contributed by atoms with E-state index in [1.807, 2.05) is 37.4 Å². The summed E-state index contributed by atoms with van der Waals surface area (Å²) in [6.45, 7) is 4.10. The van der Waals surface area contributed by atoms with Gasteiger partial charge in [-0.2, -0.15) is 4.31 Å².